The molecule has 0 radical (unpaired) electrons. The van der Waals surface area contributed by atoms with Crippen molar-refractivity contribution in [3.05, 3.63) is 0 Å². The fraction of sp³-hybridized carbons (Fsp3) is 0.882. The van der Waals surface area contributed by atoms with Gasteiger partial charge in [0.25, 0.3) is 0 Å². The molecule has 8 heteroatoms. The molecule has 2 fully saturated rings. The number of thioether (sulfide) groups is 1. The third-order valence-corrected chi connectivity index (χ3v) is 5.71. The molecule has 1 saturated carbocycles. The summed E-state index contributed by atoms with van der Waals surface area (Å²) >= 11 is 1.84. The van der Waals surface area contributed by atoms with Gasteiger partial charge in [0.05, 0.1) is 13.1 Å². The molecule has 2 aliphatic rings. The maximum Gasteiger partial charge on any atom is 0.234 e. The number of carbonyl (C=O) groups is 1. The van der Waals surface area contributed by atoms with E-state index in [9.17, 15) is 4.79 Å². The zero-order chi connectivity index (χ0) is 17.6. The third kappa shape index (κ3) is 8.34. The smallest absolute Gasteiger partial charge is 0.234 e. The molecule has 1 amide bonds. The molecular formula is C17H34IN5OS. The summed E-state index contributed by atoms with van der Waals surface area (Å²) in [6, 6.07) is 0.450. The Labute approximate surface area is 174 Å². The van der Waals surface area contributed by atoms with Crippen molar-refractivity contribution in [1.82, 2.24) is 20.4 Å². The summed E-state index contributed by atoms with van der Waals surface area (Å²) in [4.78, 5) is 21.3. The second kappa shape index (κ2) is 10.8. The Balaban J connectivity index is 0.00000312. The first-order chi connectivity index (χ1) is 11.4. The summed E-state index contributed by atoms with van der Waals surface area (Å²) in [5.74, 6) is 1.18. The topological polar surface area (TPSA) is 60.0 Å². The molecule has 146 valence electrons. The number of hydrogen-bond acceptors (Lipinski definition) is 4. The molecule has 1 aliphatic heterocycles. The van der Waals surface area contributed by atoms with Crippen LogP contribution in [0.25, 0.3) is 0 Å². The summed E-state index contributed by atoms with van der Waals surface area (Å²) in [5, 5.41) is 6.47. The fourth-order valence-electron chi connectivity index (χ4n) is 2.58. The number of halogens is 1. The molecule has 2 rings (SSSR count). The number of amides is 1. The van der Waals surface area contributed by atoms with Gasteiger partial charge in [-0.25, -0.2) is 0 Å². The van der Waals surface area contributed by atoms with Crippen molar-refractivity contribution < 1.29 is 4.79 Å². The highest BCUT2D eigenvalue weighted by Crippen LogP contribution is 2.21. The van der Waals surface area contributed by atoms with E-state index >= 15 is 0 Å². The van der Waals surface area contributed by atoms with Crippen molar-refractivity contribution in [3.8, 4) is 0 Å². The monoisotopic (exact) mass is 483 g/mol. The molecule has 0 unspecified atom stereocenters. The van der Waals surface area contributed by atoms with Gasteiger partial charge < -0.3 is 15.5 Å². The van der Waals surface area contributed by atoms with Crippen LogP contribution >= 0.6 is 35.7 Å². The molecule has 1 aliphatic carbocycles. The molecule has 1 saturated heterocycles. The highest BCUT2D eigenvalue weighted by Gasteiger charge is 2.26. The van der Waals surface area contributed by atoms with Crippen molar-refractivity contribution >= 4 is 47.6 Å². The number of rotatable bonds is 7. The molecule has 0 aromatic carbocycles. The predicted octanol–water partition coefficient (Wildman–Crippen LogP) is 1.61. The summed E-state index contributed by atoms with van der Waals surface area (Å²) in [6.45, 7) is 12.4. The van der Waals surface area contributed by atoms with E-state index in [4.69, 9.17) is 4.99 Å². The molecular weight excluding hydrogens is 449 g/mol. The number of guanidine groups is 1. The quantitative estimate of drug-likeness (QED) is 0.328. The molecule has 2 N–H and O–H groups in total. The zero-order valence-electron chi connectivity index (χ0n) is 16.0. The Hall–Kier alpha value is -0.220. The van der Waals surface area contributed by atoms with Crippen LogP contribution < -0.4 is 10.6 Å². The summed E-state index contributed by atoms with van der Waals surface area (Å²) in [6.07, 6.45) is 4.43. The van der Waals surface area contributed by atoms with E-state index in [2.05, 4.69) is 47.5 Å². The van der Waals surface area contributed by atoms with Gasteiger partial charge in [0.15, 0.2) is 5.96 Å². The van der Waals surface area contributed by atoms with E-state index in [0.717, 1.165) is 58.1 Å². The van der Waals surface area contributed by atoms with Gasteiger partial charge in [-0.3, -0.25) is 14.7 Å². The van der Waals surface area contributed by atoms with Gasteiger partial charge in [0.2, 0.25) is 5.91 Å². The van der Waals surface area contributed by atoms with Crippen molar-refractivity contribution in [1.29, 1.82) is 0 Å². The van der Waals surface area contributed by atoms with Crippen LogP contribution in [0, 0.1) is 0 Å². The minimum atomic E-state index is 0. The largest absolute Gasteiger partial charge is 0.357 e. The van der Waals surface area contributed by atoms with Crippen LogP contribution in [0.1, 0.15) is 33.6 Å². The van der Waals surface area contributed by atoms with E-state index in [-0.39, 0.29) is 34.6 Å². The minimum Gasteiger partial charge on any atom is -0.357 e. The van der Waals surface area contributed by atoms with Gasteiger partial charge in [0, 0.05) is 43.5 Å². The first-order valence-corrected chi connectivity index (χ1v) is 10.3. The van der Waals surface area contributed by atoms with Crippen molar-refractivity contribution in [2.24, 2.45) is 4.99 Å². The normalized spacial score (nSPS) is 19.4. The lowest BCUT2D eigenvalue weighted by Crippen LogP contribution is -2.54. The van der Waals surface area contributed by atoms with Gasteiger partial charge in [-0.2, -0.15) is 11.8 Å². The summed E-state index contributed by atoms with van der Waals surface area (Å²) in [5.41, 5.74) is 0. The van der Waals surface area contributed by atoms with Crippen LogP contribution in [-0.2, 0) is 4.79 Å². The van der Waals surface area contributed by atoms with E-state index < -0.39 is 0 Å². The predicted molar refractivity (Wildman–Crippen MR) is 118 cm³/mol. The molecule has 6 nitrogen and oxygen atoms in total. The van der Waals surface area contributed by atoms with Gasteiger partial charge >= 0.3 is 0 Å². The van der Waals surface area contributed by atoms with Crippen molar-refractivity contribution in [3.63, 3.8) is 0 Å². The minimum absolute atomic E-state index is 0. The van der Waals surface area contributed by atoms with E-state index in [1.165, 1.54) is 0 Å². The van der Waals surface area contributed by atoms with Crippen LogP contribution in [-0.4, -0.2) is 84.5 Å². The number of carbonyl (C=O) groups excluding carboxylic acids is 1. The lowest BCUT2D eigenvalue weighted by Gasteiger charge is -2.36. The number of aliphatic imine (C=N–C) groups is 1. The van der Waals surface area contributed by atoms with Gasteiger partial charge in [0.1, 0.15) is 0 Å². The highest BCUT2D eigenvalue weighted by molar-refractivity contribution is 14.0. The van der Waals surface area contributed by atoms with Crippen molar-refractivity contribution in [2.45, 2.75) is 44.4 Å². The van der Waals surface area contributed by atoms with Crippen LogP contribution in [0.5, 0.6) is 0 Å². The summed E-state index contributed by atoms with van der Waals surface area (Å²) < 4.78 is 0.156. The summed E-state index contributed by atoms with van der Waals surface area (Å²) in [7, 11) is 0. The lowest BCUT2D eigenvalue weighted by molar-refractivity contribution is -0.122. The second-order valence-corrected chi connectivity index (χ2v) is 8.75. The van der Waals surface area contributed by atoms with Crippen molar-refractivity contribution in [2.75, 3.05) is 52.1 Å². The van der Waals surface area contributed by atoms with Gasteiger partial charge in [-0.1, -0.05) is 0 Å². The molecule has 0 spiro atoms. The van der Waals surface area contributed by atoms with Crippen LogP contribution in [0.2, 0.25) is 0 Å². The molecule has 0 aromatic rings. The average Bonchev–Trinajstić information content (AvgIpc) is 3.36. The maximum atomic E-state index is 11.9. The molecule has 1 heterocycles. The molecule has 0 bridgehead atoms. The molecule has 0 aromatic heterocycles. The van der Waals surface area contributed by atoms with Crippen LogP contribution in [0.4, 0.5) is 0 Å². The lowest BCUT2D eigenvalue weighted by atomic mass is 10.2. The Kier molecular flexibility index (Phi) is 9.87. The van der Waals surface area contributed by atoms with Gasteiger partial charge in [-0.15, -0.1) is 24.0 Å². The standard InChI is InChI=1S/C17H33N5OS.HI/c1-5-18-16(19-13-17(2,3)24-4)22-10-8-21(9-11-22)12-15(23)20-14-6-7-14;/h14H,5-13H2,1-4H3,(H,18,19)(H,20,23);1H. The Bertz CT molecular complexity index is 448. The van der Waals surface area contributed by atoms with E-state index in [1.54, 1.807) is 0 Å². The van der Waals surface area contributed by atoms with Gasteiger partial charge in [-0.05, 0) is 39.9 Å². The first-order valence-electron chi connectivity index (χ1n) is 9.03. The Morgan fingerprint density at radius 3 is 2.40 bits per heavy atom. The van der Waals surface area contributed by atoms with E-state index in [0.29, 0.717) is 12.6 Å². The first kappa shape index (κ1) is 22.8. The Morgan fingerprint density at radius 1 is 1.24 bits per heavy atom. The van der Waals surface area contributed by atoms with Crippen LogP contribution in [0.15, 0.2) is 4.99 Å². The number of piperazine rings is 1. The Morgan fingerprint density at radius 2 is 1.88 bits per heavy atom. The SMILES string of the molecule is CCNC(=NCC(C)(C)SC)N1CCN(CC(=O)NC2CC2)CC1.I. The molecule has 25 heavy (non-hydrogen) atoms. The zero-order valence-corrected chi connectivity index (χ0v) is 19.2. The average molecular weight is 483 g/mol. The number of nitrogens with one attached hydrogen (secondary N) is 2. The second-order valence-electron chi connectivity index (χ2n) is 7.24. The van der Waals surface area contributed by atoms with E-state index in [1.807, 2.05) is 11.8 Å². The number of hydrogen-bond donors (Lipinski definition) is 2. The molecule has 0 atom stereocenters. The third-order valence-electron chi connectivity index (χ3n) is 4.48. The number of nitrogens with zero attached hydrogens (tertiary/aromatic N) is 3. The van der Waals surface area contributed by atoms with Crippen LogP contribution in [0.3, 0.4) is 0 Å². The fourth-order valence-corrected chi connectivity index (χ4v) is 2.77. The highest BCUT2D eigenvalue weighted by atomic mass is 127. The maximum absolute atomic E-state index is 11.9.